The second-order valence-corrected chi connectivity index (χ2v) is 3.74. The number of benzene rings is 2. The van der Waals surface area contributed by atoms with Crippen molar-refractivity contribution in [3.05, 3.63) is 42.5 Å². The van der Waals surface area contributed by atoms with E-state index in [0.29, 0.717) is 0 Å². The number of hydrogen-bond acceptors (Lipinski definition) is 3. The highest BCUT2D eigenvalue weighted by Crippen LogP contribution is 2.43. The minimum Gasteiger partial charge on any atom is -0.496 e. The molecule has 3 heteroatoms. The summed E-state index contributed by atoms with van der Waals surface area (Å²) < 4.78 is 16.2. The lowest BCUT2D eigenvalue weighted by Crippen LogP contribution is -1.94. The highest BCUT2D eigenvalue weighted by Gasteiger charge is 2.19. The summed E-state index contributed by atoms with van der Waals surface area (Å²) in [5.74, 6) is 2.40. The molecule has 0 amide bonds. The molecule has 0 atom stereocenters. The SMILES string of the molecule is COc1ccccc1-c1cccc2c1OCO2. The van der Waals surface area contributed by atoms with Crippen LogP contribution in [0.5, 0.6) is 17.2 Å². The van der Waals surface area contributed by atoms with Gasteiger partial charge < -0.3 is 14.2 Å². The second kappa shape index (κ2) is 4.01. The molecule has 1 heterocycles. The Balaban J connectivity index is 2.19. The van der Waals surface area contributed by atoms with Gasteiger partial charge in [0.2, 0.25) is 6.79 Å². The van der Waals surface area contributed by atoms with Gasteiger partial charge in [0.15, 0.2) is 11.5 Å². The lowest BCUT2D eigenvalue weighted by molar-refractivity contribution is 0.174. The maximum atomic E-state index is 5.51. The van der Waals surface area contributed by atoms with Gasteiger partial charge in [0.1, 0.15) is 5.75 Å². The molecule has 0 fully saturated rings. The minimum absolute atomic E-state index is 0.279. The van der Waals surface area contributed by atoms with Gasteiger partial charge in [-0.3, -0.25) is 0 Å². The molecular weight excluding hydrogens is 216 g/mol. The lowest BCUT2D eigenvalue weighted by atomic mass is 10.0. The van der Waals surface area contributed by atoms with Crippen LogP contribution in [0.2, 0.25) is 0 Å². The van der Waals surface area contributed by atoms with Crippen LogP contribution >= 0.6 is 0 Å². The Hall–Kier alpha value is -2.16. The van der Waals surface area contributed by atoms with Crippen LogP contribution in [-0.4, -0.2) is 13.9 Å². The van der Waals surface area contributed by atoms with Gasteiger partial charge in [-0.25, -0.2) is 0 Å². The molecule has 0 aromatic heterocycles. The van der Waals surface area contributed by atoms with Crippen molar-refractivity contribution < 1.29 is 14.2 Å². The zero-order chi connectivity index (χ0) is 11.7. The zero-order valence-electron chi connectivity index (χ0n) is 9.47. The van der Waals surface area contributed by atoms with Crippen LogP contribution in [0.4, 0.5) is 0 Å². The summed E-state index contributed by atoms with van der Waals surface area (Å²) in [4.78, 5) is 0. The minimum atomic E-state index is 0.279. The van der Waals surface area contributed by atoms with Crippen LogP contribution in [0.15, 0.2) is 42.5 Å². The van der Waals surface area contributed by atoms with Crippen LogP contribution in [0.25, 0.3) is 11.1 Å². The van der Waals surface area contributed by atoms with Crippen LogP contribution in [0.1, 0.15) is 0 Å². The lowest BCUT2D eigenvalue weighted by Gasteiger charge is -2.10. The Morgan fingerprint density at radius 2 is 1.76 bits per heavy atom. The van der Waals surface area contributed by atoms with Gasteiger partial charge in [-0.1, -0.05) is 30.3 Å². The first-order chi connectivity index (χ1) is 8.40. The summed E-state index contributed by atoms with van der Waals surface area (Å²) in [5.41, 5.74) is 2.01. The first kappa shape index (κ1) is 10.0. The third-order valence-electron chi connectivity index (χ3n) is 2.79. The molecule has 1 aliphatic rings. The predicted octanol–water partition coefficient (Wildman–Crippen LogP) is 3.09. The summed E-state index contributed by atoms with van der Waals surface area (Å²) in [6, 6.07) is 13.7. The molecule has 0 N–H and O–H groups in total. The molecule has 0 aliphatic carbocycles. The Labute approximate surface area is 99.6 Å². The summed E-state index contributed by atoms with van der Waals surface area (Å²) in [6.07, 6.45) is 0. The molecule has 2 aromatic rings. The highest BCUT2D eigenvalue weighted by atomic mass is 16.7. The fourth-order valence-corrected chi connectivity index (χ4v) is 2.01. The van der Waals surface area contributed by atoms with E-state index < -0.39 is 0 Å². The fourth-order valence-electron chi connectivity index (χ4n) is 2.01. The van der Waals surface area contributed by atoms with Gasteiger partial charge in [0.25, 0.3) is 0 Å². The van der Waals surface area contributed by atoms with Crippen molar-refractivity contribution in [2.45, 2.75) is 0 Å². The molecule has 0 saturated heterocycles. The van der Waals surface area contributed by atoms with E-state index in [-0.39, 0.29) is 6.79 Å². The summed E-state index contributed by atoms with van der Waals surface area (Å²) in [5, 5.41) is 0. The van der Waals surface area contributed by atoms with Gasteiger partial charge in [-0.05, 0) is 12.1 Å². The van der Waals surface area contributed by atoms with Crippen LogP contribution in [0, 0.1) is 0 Å². The maximum absolute atomic E-state index is 5.51. The van der Waals surface area contributed by atoms with Crippen LogP contribution in [0.3, 0.4) is 0 Å². The number of ether oxygens (including phenoxy) is 3. The molecule has 0 radical (unpaired) electrons. The van der Waals surface area contributed by atoms with E-state index >= 15 is 0 Å². The van der Waals surface area contributed by atoms with E-state index in [1.54, 1.807) is 7.11 Å². The van der Waals surface area contributed by atoms with Gasteiger partial charge in [-0.2, -0.15) is 0 Å². The summed E-state index contributed by atoms with van der Waals surface area (Å²) >= 11 is 0. The molecule has 0 bridgehead atoms. The predicted molar refractivity (Wildman–Crippen MR) is 64.6 cm³/mol. The molecule has 0 spiro atoms. The molecule has 0 saturated carbocycles. The second-order valence-electron chi connectivity index (χ2n) is 3.74. The van der Waals surface area contributed by atoms with Crippen molar-refractivity contribution in [3.63, 3.8) is 0 Å². The van der Waals surface area contributed by atoms with Crippen molar-refractivity contribution >= 4 is 0 Å². The average molecular weight is 228 g/mol. The van der Waals surface area contributed by atoms with E-state index in [9.17, 15) is 0 Å². The van der Waals surface area contributed by atoms with Crippen molar-refractivity contribution in [2.24, 2.45) is 0 Å². The first-order valence-corrected chi connectivity index (χ1v) is 5.42. The Bertz CT molecular complexity index is 549. The Morgan fingerprint density at radius 3 is 2.65 bits per heavy atom. The molecule has 17 heavy (non-hydrogen) atoms. The highest BCUT2D eigenvalue weighted by molar-refractivity contribution is 5.78. The molecule has 0 unspecified atom stereocenters. The van der Waals surface area contributed by atoms with Gasteiger partial charge in [0, 0.05) is 11.1 Å². The smallest absolute Gasteiger partial charge is 0.231 e. The van der Waals surface area contributed by atoms with E-state index in [1.165, 1.54) is 0 Å². The molecular formula is C14H12O3. The van der Waals surface area contributed by atoms with Gasteiger partial charge in [0.05, 0.1) is 7.11 Å². The standard InChI is InChI=1S/C14H12O3/c1-15-12-7-3-2-5-10(12)11-6-4-8-13-14(11)17-9-16-13/h2-8H,9H2,1H3. The van der Waals surface area contributed by atoms with Gasteiger partial charge in [-0.15, -0.1) is 0 Å². The largest absolute Gasteiger partial charge is 0.496 e. The van der Waals surface area contributed by atoms with Gasteiger partial charge >= 0.3 is 0 Å². The normalized spacial score (nSPS) is 12.5. The third kappa shape index (κ3) is 1.60. The summed E-state index contributed by atoms with van der Waals surface area (Å²) in [7, 11) is 1.67. The molecule has 3 rings (SSSR count). The number of rotatable bonds is 2. The van der Waals surface area contributed by atoms with E-state index in [0.717, 1.165) is 28.4 Å². The maximum Gasteiger partial charge on any atom is 0.231 e. The number of para-hydroxylation sites is 2. The fraction of sp³-hybridized carbons (Fsp3) is 0.143. The zero-order valence-corrected chi connectivity index (χ0v) is 9.47. The quantitative estimate of drug-likeness (QED) is 0.790. The third-order valence-corrected chi connectivity index (χ3v) is 2.79. The van der Waals surface area contributed by atoms with Crippen molar-refractivity contribution in [3.8, 4) is 28.4 Å². The summed E-state index contributed by atoms with van der Waals surface area (Å²) in [6.45, 7) is 0.279. The van der Waals surface area contributed by atoms with Crippen LogP contribution < -0.4 is 14.2 Å². The average Bonchev–Trinajstić information content (AvgIpc) is 2.86. The number of methoxy groups -OCH3 is 1. The first-order valence-electron chi connectivity index (χ1n) is 5.42. The van der Waals surface area contributed by atoms with E-state index in [1.807, 2.05) is 42.5 Å². The molecule has 1 aliphatic heterocycles. The Morgan fingerprint density at radius 1 is 0.941 bits per heavy atom. The topological polar surface area (TPSA) is 27.7 Å². The molecule has 2 aromatic carbocycles. The number of hydrogen-bond donors (Lipinski definition) is 0. The van der Waals surface area contributed by atoms with E-state index in [4.69, 9.17) is 14.2 Å². The van der Waals surface area contributed by atoms with Crippen molar-refractivity contribution in [1.29, 1.82) is 0 Å². The molecule has 3 nitrogen and oxygen atoms in total. The number of fused-ring (bicyclic) bond motifs is 1. The van der Waals surface area contributed by atoms with Crippen LogP contribution in [-0.2, 0) is 0 Å². The van der Waals surface area contributed by atoms with Crippen molar-refractivity contribution in [2.75, 3.05) is 13.9 Å². The van der Waals surface area contributed by atoms with Crippen molar-refractivity contribution in [1.82, 2.24) is 0 Å². The van der Waals surface area contributed by atoms with E-state index in [2.05, 4.69) is 0 Å². The Kier molecular flexibility index (Phi) is 2.37. The monoisotopic (exact) mass is 228 g/mol. The molecule has 86 valence electrons.